The largest absolute Gasteiger partial charge is 0.389 e. The molecule has 0 amide bonds. The van der Waals surface area contributed by atoms with E-state index in [0.717, 1.165) is 18.7 Å². The Bertz CT molecular complexity index is 421. The molecule has 0 radical (unpaired) electrons. The third kappa shape index (κ3) is 5.15. The van der Waals surface area contributed by atoms with Crippen molar-refractivity contribution < 1.29 is 4.39 Å². The average molecular weight is 282 g/mol. The molecule has 19 heavy (non-hydrogen) atoms. The van der Waals surface area contributed by atoms with Gasteiger partial charge in [0.15, 0.2) is 0 Å². The van der Waals surface area contributed by atoms with Crippen LogP contribution in [0.3, 0.4) is 0 Å². The zero-order valence-corrected chi connectivity index (χ0v) is 12.5. The van der Waals surface area contributed by atoms with E-state index in [1.54, 1.807) is 6.07 Å². The van der Waals surface area contributed by atoms with E-state index >= 15 is 0 Å². The van der Waals surface area contributed by atoms with Gasteiger partial charge in [0.05, 0.1) is 0 Å². The van der Waals surface area contributed by atoms with E-state index in [4.69, 9.17) is 18.0 Å². The van der Waals surface area contributed by atoms with Gasteiger partial charge in [0.2, 0.25) is 0 Å². The van der Waals surface area contributed by atoms with Crippen molar-refractivity contribution in [2.45, 2.75) is 39.5 Å². The maximum atomic E-state index is 13.2. The van der Waals surface area contributed by atoms with Gasteiger partial charge in [0, 0.05) is 17.8 Å². The first-order valence-corrected chi connectivity index (χ1v) is 7.32. The Hall–Kier alpha value is -1.16. The van der Waals surface area contributed by atoms with Crippen molar-refractivity contribution in [1.82, 2.24) is 0 Å². The Morgan fingerprint density at radius 3 is 2.74 bits per heavy atom. The van der Waals surface area contributed by atoms with E-state index < -0.39 is 0 Å². The Kier molecular flexibility index (Phi) is 6.78. The highest BCUT2D eigenvalue weighted by Crippen LogP contribution is 2.19. The van der Waals surface area contributed by atoms with E-state index in [2.05, 4.69) is 19.2 Å². The van der Waals surface area contributed by atoms with Gasteiger partial charge < -0.3 is 11.1 Å². The second-order valence-corrected chi connectivity index (χ2v) is 5.29. The summed E-state index contributed by atoms with van der Waals surface area (Å²) in [7, 11) is 0. The quantitative estimate of drug-likeness (QED) is 0.705. The summed E-state index contributed by atoms with van der Waals surface area (Å²) in [5, 5.41) is 3.35. The summed E-state index contributed by atoms with van der Waals surface area (Å²) in [4.78, 5) is 0.226. The van der Waals surface area contributed by atoms with Gasteiger partial charge in [-0.1, -0.05) is 45.3 Å². The summed E-state index contributed by atoms with van der Waals surface area (Å²) in [6, 6.07) is 4.52. The molecule has 1 atom stereocenters. The SMILES string of the molecule is CCCCC(CC)CNc1ccc(F)cc1C(N)=S. The third-order valence-electron chi connectivity index (χ3n) is 3.37. The van der Waals surface area contributed by atoms with Crippen LogP contribution in [0.25, 0.3) is 0 Å². The molecule has 0 aliphatic carbocycles. The van der Waals surface area contributed by atoms with Crippen LogP contribution in [-0.2, 0) is 0 Å². The van der Waals surface area contributed by atoms with Crippen molar-refractivity contribution >= 4 is 22.9 Å². The lowest BCUT2D eigenvalue weighted by Gasteiger charge is -2.18. The van der Waals surface area contributed by atoms with Gasteiger partial charge in [-0.3, -0.25) is 0 Å². The maximum Gasteiger partial charge on any atom is 0.124 e. The molecule has 1 aromatic rings. The first kappa shape index (κ1) is 15.9. The third-order valence-corrected chi connectivity index (χ3v) is 3.59. The summed E-state index contributed by atoms with van der Waals surface area (Å²) in [5.74, 6) is 0.315. The number of benzene rings is 1. The molecule has 0 saturated carbocycles. The van der Waals surface area contributed by atoms with Crippen LogP contribution in [0, 0.1) is 11.7 Å². The Labute approximate surface area is 120 Å². The normalized spacial score (nSPS) is 12.2. The van der Waals surface area contributed by atoms with Gasteiger partial charge in [0.1, 0.15) is 10.8 Å². The second kappa shape index (κ2) is 8.10. The number of anilines is 1. The average Bonchev–Trinajstić information content (AvgIpc) is 2.40. The van der Waals surface area contributed by atoms with Crippen LogP contribution in [0.2, 0.25) is 0 Å². The van der Waals surface area contributed by atoms with Crippen molar-refractivity contribution in [2.24, 2.45) is 11.7 Å². The highest BCUT2D eigenvalue weighted by Gasteiger charge is 2.09. The van der Waals surface area contributed by atoms with E-state index in [1.807, 2.05) is 0 Å². The van der Waals surface area contributed by atoms with Crippen LogP contribution in [0.4, 0.5) is 10.1 Å². The zero-order valence-electron chi connectivity index (χ0n) is 11.7. The molecule has 0 heterocycles. The van der Waals surface area contributed by atoms with E-state index in [9.17, 15) is 4.39 Å². The molecule has 3 N–H and O–H groups in total. The van der Waals surface area contributed by atoms with Gasteiger partial charge in [-0.05, 0) is 30.5 Å². The van der Waals surface area contributed by atoms with Crippen LogP contribution in [0.1, 0.15) is 45.1 Å². The maximum absolute atomic E-state index is 13.2. The van der Waals surface area contributed by atoms with Crippen LogP contribution < -0.4 is 11.1 Å². The molecular weight excluding hydrogens is 259 g/mol. The first-order valence-electron chi connectivity index (χ1n) is 6.91. The number of hydrogen-bond donors (Lipinski definition) is 2. The smallest absolute Gasteiger partial charge is 0.124 e. The number of thiocarbonyl (C=S) groups is 1. The molecule has 0 bridgehead atoms. The van der Waals surface area contributed by atoms with E-state index in [1.165, 1.54) is 31.4 Å². The van der Waals surface area contributed by atoms with E-state index in [-0.39, 0.29) is 10.8 Å². The fraction of sp³-hybridized carbons (Fsp3) is 0.533. The summed E-state index contributed by atoms with van der Waals surface area (Å²) in [6.07, 6.45) is 4.80. The molecule has 1 aromatic carbocycles. The lowest BCUT2D eigenvalue weighted by molar-refractivity contribution is 0.473. The first-order chi connectivity index (χ1) is 9.08. The molecule has 0 aromatic heterocycles. The van der Waals surface area contributed by atoms with Gasteiger partial charge in [-0.2, -0.15) is 0 Å². The van der Waals surface area contributed by atoms with Crippen LogP contribution in [0.15, 0.2) is 18.2 Å². The Balaban J connectivity index is 2.68. The van der Waals surface area contributed by atoms with Gasteiger partial charge in [0.25, 0.3) is 0 Å². The second-order valence-electron chi connectivity index (χ2n) is 4.85. The van der Waals surface area contributed by atoms with E-state index in [0.29, 0.717) is 11.5 Å². The molecule has 0 spiro atoms. The predicted molar refractivity (Wildman–Crippen MR) is 84.1 cm³/mol. The minimum atomic E-state index is -0.314. The Morgan fingerprint density at radius 1 is 1.42 bits per heavy atom. The molecule has 0 aliphatic rings. The van der Waals surface area contributed by atoms with Crippen molar-refractivity contribution in [1.29, 1.82) is 0 Å². The number of rotatable bonds is 8. The molecule has 0 aliphatic heterocycles. The zero-order chi connectivity index (χ0) is 14.3. The minimum absolute atomic E-state index is 0.226. The summed E-state index contributed by atoms with van der Waals surface area (Å²) in [5.41, 5.74) is 7.03. The number of halogens is 1. The van der Waals surface area contributed by atoms with Gasteiger partial charge in [-0.15, -0.1) is 0 Å². The highest BCUT2D eigenvalue weighted by atomic mass is 32.1. The standard InChI is InChI=1S/C15H23FN2S/c1-3-5-6-11(4-2)10-18-14-8-7-12(16)9-13(14)15(17)19/h7-9,11,18H,3-6,10H2,1-2H3,(H2,17,19). The van der Waals surface area contributed by atoms with Crippen LogP contribution >= 0.6 is 12.2 Å². The molecule has 0 saturated heterocycles. The number of nitrogens with two attached hydrogens (primary N) is 1. The van der Waals surface area contributed by atoms with Crippen molar-refractivity contribution in [3.8, 4) is 0 Å². The Morgan fingerprint density at radius 2 is 2.16 bits per heavy atom. The summed E-state index contributed by atoms with van der Waals surface area (Å²) >= 11 is 4.96. The van der Waals surface area contributed by atoms with Crippen molar-refractivity contribution in [2.75, 3.05) is 11.9 Å². The monoisotopic (exact) mass is 282 g/mol. The fourth-order valence-electron chi connectivity index (χ4n) is 2.07. The number of unbranched alkanes of at least 4 members (excludes halogenated alkanes) is 1. The molecule has 0 fully saturated rings. The number of nitrogens with one attached hydrogen (secondary N) is 1. The van der Waals surface area contributed by atoms with Gasteiger partial charge >= 0.3 is 0 Å². The molecule has 1 unspecified atom stereocenters. The molecule has 2 nitrogen and oxygen atoms in total. The predicted octanol–water partition coefficient (Wildman–Crippen LogP) is 4.09. The fourth-order valence-corrected chi connectivity index (χ4v) is 2.24. The lowest BCUT2D eigenvalue weighted by atomic mass is 9.99. The van der Waals surface area contributed by atoms with Crippen molar-refractivity contribution in [3.05, 3.63) is 29.6 Å². The van der Waals surface area contributed by atoms with Crippen molar-refractivity contribution in [3.63, 3.8) is 0 Å². The number of hydrogen-bond acceptors (Lipinski definition) is 2. The van der Waals surface area contributed by atoms with Crippen LogP contribution in [0.5, 0.6) is 0 Å². The molecule has 106 valence electrons. The minimum Gasteiger partial charge on any atom is -0.389 e. The highest BCUT2D eigenvalue weighted by molar-refractivity contribution is 7.80. The van der Waals surface area contributed by atoms with Crippen LogP contribution in [-0.4, -0.2) is 11.5 Å². The molecule has 4 heteroatoms. The molecular formula is C15H23FN2S. The van der Waals surface area contributed by atoms with Gasteiger partial charge in [-0.25, -0.2) is 4.39 Å². The summed E-state index contributed by atoms with van der Waals surface area (Å²) in [6.45, 7) is 5.27. The summed E-state index contributed by atoms with van der Waals surface area (Å²) < 4.78 is 13.2. The topological polar surface area (TPSA) is 38.0 Å². The lowest BCUT2D eigenvalue weighted by Crippen LogP contribution is -2.18. The molecule has 1 rings (SSSR count).